The molecule has 0 spiro atoms. The van der Waals surface area contributed by atoms with Gasteiger partial charge in [-0.05, 0) is 43.5 Å². The molecule has 9 heteroatoms. The van der Waals surface area contributed by atoms with Crippen LogP contribution in [0.2, 0.25) is 0 Å². The van der Waals surface area contributed by atoms with Gasteiger partial charge in [0.1, 0.15) is 11.3 Å². The molecule has 0 radical (unpaired) electrons. The summed E-state index contributed by atoms with van der Waals surface area (Å²) >= 11 is 1.24. The van der Waals surface area contributed by atoms with Gasteiger partial charge >= 0.3 is 5.97 Å². The van der Waals surface area contributed by atoms with E-state index in [0.29, 0.717) is 28.4 Å². The fraction of sp³-hybridized carbons (Fsp3) is 0.211. The van der Waals surface area contributed by atoms with E-state index in [0.717, 1.165) is 5.39 Å². The SMILES string of the molecule is CCOc1ccc2oc(C(=O)OCC(=O)NNC(=O)c3cccs3)c(C)c2c1. The van der Waals surface area contributed by atoms with Crippen LogP contribution in [0.1, 0.15) is 32.7 Å². The van der Waals surface area contributed by atoms with Gasteiger partial charge in [-0.2, -0.15) is 0 Å². The highest BCUT2D eigenvalue weighted by Gasteiger charge is 2.20. The highest BCUT2D eigenvalue weighted by molar-refractivity contribution is 7.12. The molecule has 0 aliphatic carbocycles. The number of carbonyl (C=O) groups is 3. The van der Waals surface area contributed by atoms with E-state index >= 15 is 0 Å². The average Bonchev–Trinajstić information content (AvgIpc) is 3.33. The maximum Gasteiger partial charge on any atom is 0.375 e. The molecule has 8 nitrogen and oxygen atoms in total. The molecule has 2 amide bonds. The predicted octanol–water partition coefficient (Wildman–Crippen LogP) is 2.82. The van der Waals surface area contributed by atoms with Gasteiger partial charge in [-0.1, -0.05) is 6.07 Å². The first-order valence-electron chi connectivity index (χ1n) is 8.45. The van der Waals surface area contributed by atoms with Crippen LogP contribution >= 0.6 is 11.3 Å². The van der Waals surface area contributed by atoms with Crippen molar-refractivity contribution in [2.45, 2.75) is 13.8 Å². The average molecular weight is 402 g/mol. The lowest BCUT2D eigenvalue weighted by molar-refractivity contribution is -0.125. The Balaban J connectivity index is 1.57. The Bertz CT molecular complexity index is 1010. The molecule has 28 heavy (non-hydrogen) atoms. The summed E-state index contributed by atoms with van der Waals surface area (Å²) in [5.41, 5.74) is 5.53. The molecule has 0 aliphatic rings. The quantitative estimate of drug-likeness (QED) is 0.485. The minimum Gasteiger partial charge on any atom is -0.494 e. The van der Waals surface area contributed by atoms with E-state index in [4.69, 9.17) is 13.9 Å². The fourth-order valence-electron chi connectivity index (χ4n) is 2.48. The minimum absolute atomic E-state index is 0.0130. The third kappa shape index (κ3) is 4.32. The highest BCUT2D eigenvalue weighted by atomic mass is 32.1. The Hall–Kier alpha value is -3.33. The van der Waals surface area contributed by atoms with Crippen LogP contribution in [0.25, 0.3) is 11.0 Å². The van der Waals surface area contributed by atoms with Crippen LogP contribution < -0.4 is 15.6 Å². The van der Waals surface area contributed by atoms with Crippen molar-refractivity contribution in [2.24, 2.45) is 0 Å². The normalized spacial score (nSPS) is 10.5. The number of amides is 2. The first-order chi connectivity index (χ1) is 13.5. The smallest absolute Gasteiger partial charge is 0.375 e. The Kier molecular flexibility index (Phi) is 5.95. The van der Waals surface area contributed by atoms with E-state index in [1.807, 2.05) is 6.92 Å². The van der Waals surface area contributed by atoms with Gasteiger partial charge in [-0.15, -0.1) is 11.3 Å². The Morgan fingerprint density at radius 1 is 1.18 bits per heavy atom. The van der Waals surface area contributed by atoms with Gasteiger partial charge in [-0.25, -0.2) is 4.79 Å². The Labute approximate surface area is 164 Å². The van der Waals surface area contributed by atoms with Crippen molar-refractivity contribution in [2.75, 3.05) is 13.2 Å². The largest absolute Gasteiger partial charge is 0.494 e. The topological polar surface area (TPSA) is 107 Å². The summed E-state index contributed by atoms with van der Waals surface area (Å²) in [5.74, 6) is -1.22. The molecule has 3 aromatic rings. The zero-order valence-electron chi connectivity index (χ0n) is 15.2. The second-order valence-corrected chi connectivity index (χ2v) is 6.65. The van der Waals surface area contributed by atoms with Crippen LogP contribution in [0, 0.1) is 6.92 Å². The number of hydrogen-bond acceptors (Lipinski definition) is 7. The number of furan rings is 1. The first-order valence-corrected chi connectivity index (χ1v) is 9.33. The molecule has 3 rings (SSSR count). The molecule has 146 valence electrons. The molecular formula is C19H18N2O6S. The van der Waals surface area contributed by atoms with Crippen molar-refractivity contribution in [1.29, 1.82) is 0 Å². The van der Waals surface area contributed by atoms with E-state index in [-0.39, 0.29) is 5.76 Å². The summed E-state index contributed by atoms with van der Waals surface area (Å²) in [5, 5.41) is 2.47. The molecular weight excluding hydrogens is 384 g/mol. The van der Waals surface area contributed by atoms with Gasteiger partial charge in [-0.3, -0.25) is 20.4 Å². The lowest BCUT2D eigenvalue weighted by atomic mass is 10.1. The summed E-state index contributed by atoms with van der Waals surface area (Å²) in [6.45, 7) is 3.56. The van der Waals surface area contributed by atoms with E-state index in [1.165, 1.54) is 11.3 Å². The van der Waals surface area contributed by atoms with Crippen molar-refractivity contribution in [1.82, 2.24) is 10.9 Å². The van der Waals surface area contributed by atoms with Gasteiger partial charge in [0.25, 0.3) is 11.8 Å². The van der Waals surface area contributed by atoms with Crippen molar-refractivity contribution >= 4 is 40.1 Å². The summed E-state index contributed by atoms with van der Waals surface area (Å²) in [4.78, 5) is 36.2. The first kappa shape index (κ1) is 19.4. The van der Waals surface area contributed by atoms with Gasteiger partial charge in [0, 0.05) is 10.9 Å². The van der Waals surface area contributed by atoms with Gasteiger partial charge in [0.15, 0.2) is 6.61 Å². The fourth-order valence-corrected chi connectivity index (χ4v) is 3.10. The second-order valence-electron chi connectivity index (χ2n) is 5.70. The number of aryl methyl sites for hydroxylation is 1. The molecule has 0 fully saturated rings. The highest BCUT2D eigenvalue weighted by Crippen LogP contribution is 2.29. The number of thiophene rings is 1. The zero-order valence-corrected chi connectivity index (χ0v) is 16.1. The number of hydrazine groups is 1. The van der Waals surface area contributed by atoms with Crippen LogP contribution in [0.5, 0.6) is 5.75 Å². The number of rotatable bonds is 6. The third-order valence-corrected chi connectivity index (χ3v) is 4.67. The molecule has 0 saturated heterocycles. The number of carbonyl (C=O) groups excluding carboxylic acids is 3. The summed E-state index contributed by atoms with van der Waals surface area (Å²) in [6, 6.07) is 8.56. The summed E-state index contributed by atoms with van der Waals surface area (Å²) in [7, 11) is 0. The van der Waals surface area contributed by atoms with Crippen LogP contribution in [-0.4, -0.2) is 31.0 Å². The Morgan fingerprint density at radius 3 is 2.71 bits per heavy atom. The van der Waals surface area contributed by atoms with Crippen LogP contribution in [0.15, 0.2) is 40.1 Å². The number of hydrogen-bond donors (Lipinski definition) is 2. The van der Waals surface area contributed by atoms with Gasteiger partial charge in [0.05, 0.1) is 11.5 Å². The molecule has 0 atom stereocenters. The Morgan fingerprint density at radius 2 is 2.00 bits per heavy atom. The summed E-state index contributed by atoms with van der Waals surface area (Å²) in [6.07, 6.45) is 0. The number of fused-ring (bicyclic) bond motifs is 1. The van der Waals surface area contributed by atoms with Gasteiger partial charge < -0.3 is 13.9 Å². The maximum absolute atomic E-state index is 12.3. The van der Waals surface area contributed by atoms with E-state index in [2.05, 4.69) is 10.9 Å². The van der Waals surface area contributed by atoms with Gasteiger partial charge in [0.2, 0.25) is 5.76 Å². The van der Waals surface area contributed by atoms with E-state index in [1.54, 1.807) is 42.6 Å². The van der Waals surface area contributed by atoms with Crippen LogP contribution in [0.4, 0.5) is 0 Å². The number of ether oxygens (including phenoxy) is 2. The van der Waals surface area contributed by atoms with Crippen molar-refractivity contribution in [3.63, 3.8) is 0 Å². The number of benzene rings is 1. The lowest BCUT2D eigenvalue weighted by Crippen LogP contribution is -2.43. The van der Waals surface area contributed by atoms with Crippen LogP contribution in [-0.2, 0) is 9.53 Å². The molecule has 2 N–H and O–H groups in total. The number of nitrogens with one attached hydrogen (secondary N) is 2. The lowest BCUT2D eigenvalue weighted by Gasteiger charge is -2.06. The predicted molar refractivity (Wildman–Crippen MR) is 102 cm³/mol. The zero-order chi connectivity index (χ0) is 20.1. The molecule has 2 heterocycles. The monoisotopic (exact) mass is 402 g/mol. The van der Waals surface area contributed by atoms with E-state index in [9.17, 15) is 14.4 Å². The molecule has 0 unspecified atom stereocenters. The summed E-state index contributed by atoms with van der Waals surface area (Å²) < 4.78 is 16.0. The molecule has 1 aromatic carbocycles. The van der Waals surface area contributed by atoms with Crippen LogP contribution in [0.3, 0.4) is 0 Å². The standard InChI is InChI=1S/C19H18N2O6S/c1-3-25-12-6-7-14-13(9-12)11(2)17(27-14)19(24)26-10-16(22)20-21-18(23)15-5-4-8-28-15/h4-9H,3,10H2,1-2H3,(H,20,22)(H,21,23). The van der Waals surface area contributed by atoms with Crippen molar-refractivity contribution < 1.29 is 28.3 Å². The van der Waals surface area contributed by atoms with Crippen molar-refractivity contribution in [3.05, 3.63) is 51.9 Å². The van der Waals surface area contributed by atoms with E-state index < -0.39 is 24.4 Å². The second kappa shape index (κ2) is 8.57. The maximum atomic E-state index is 12.3. The number of esters is 1. The van der Waals surface area contributed by atoms with Crippen molar-refractivity contribution in [3.8, 4) is 5.75 Å². The third-order valence-electron chi connectivity index (χ3n) is 3.80. The molecule has 0 aliphatic heterocycles. The minimum atomic E-state index is -0.772. The molecule has 0 saturated carbocycles. The molecule has 2 aromatic heterocycles. The molecule has 0 bridgehead atoms.